The molecule has 0 atom stereocenters. The van der Waals surface area contributed by atoms with Gasteiger partial charge in [0, 0.05) is 19.0 Å². The van der Waals surface area contributed by atoms with Crippen LogP contribution in [-0.2, 0) is 14.3 Å². The maximum absolute atomic E-state index is 12.2. The first-order valence-corrected chi connectivity index (χ1v) is 8.99. The van der Waals surface area contributed by atoms with Gasteiger partial charge in [-0.3, -0.25) is 9.59 Å². The molecular formula is C18H21ClN2O4. The fourth-order valence-electron chi connectivity index (χ4n) is 3.30. The van der Waals surface area contributed by atoms with Crippen molar-refractivity contribution < 1.29 is 19.1 Å². The van der Waals surface area contributed by atoms with E-state index in [1.54, 1.807) is 17.0 Å². The van der Waals surface area contributed by atoms with Crippen LogP contribution in [0.2, 0.25) is 5.02 Å². The van der Waals surface area contributed by atoms with Gasteiger partial charge in [-0.1, -0.05) is 24.4 Å². The second-order valence-corrected chi connectivity index (χ2v) is 6.85. The van der Waals surface area contributed by atoms with E-state index in [-0.39, 0.29) is 30.0 Å². The average molecular weight is 365 g/mol. The molecule has 2 fully saturated rings. The van der Waals surface area contributed by atoms with E-state index in [1.807, 2.05) is 0 Å². The van der Waals surface area contributed by atoms with Crippen LogP contribution in [-0.4, -0.2) is 37.0 Å². The molecule has 7 heteroatoms. The Bertz CT molecular complexity index is 686. The van der Waals surface area contributed by atoms with Gasteiger partial charge in [0.25, 0.3) is 5.91 Å². The quantitative estimate of drug-likeness (QED) is 0.815. The van der Waals surface area contributed by atoms with Crippen molar-refractivity contribution in [2.45, 2.75) is 44.6 Å². The van der Waals surface area contributed by atoms with Gasteiger partial charge in [-0.25, -0.2) is 4.79 Å². The van der Waals surface area contributed by atoms with E-state index in [1.165, 1.54) is 6.07 Å². The summed E-state index contributed by atoms with van der Waals surface area (Å²) in [6.07, 6.45) is 5.44. The fraction of sp³-hybridized carbons (Fsp3) is 0.500. The minimum Gasteiger partial charge on any atom is -0.452 e. The normalized spacial score (nSPS) is 17.8. The van der Waals surface area contributed by atoms with Gasteiger partial charge in [0.15, 0.2) is 6.61 Å². The van der Waals surface area contributed by atoms with E-state index >= 15 is 0 Å². The van der Waals surface area contributed by atoms with Gasteiger partial charge in [0.2, 0.25) is 5.91 Å². The van der Waals surface area contributed by atoms with E-state index in [0.29, 0.717) is 23.7 Å². The van der Waals surface area contributed by atoms with Crippen LogP contribution >= 0.6 is 11.6 Å². The molecule has 0 unspecified atom stereocenters. The van der Waals surface area contributed by atoms with Crippen LogP contribution in [0.5, 0.6) is 0 Å². The van der Waals surface area contributed by atoms with Crippen LogP contribution in [0.3, 0.4) is 0 Å². The standard InChI is InChI=1S/C18H21ClN2O4/c19-14-8-7-12(10-15(14)21-9-3-6-17(21)23)18(24)25-11-16(22)20-13-4-1-2-5-13/h7-8,10,13H,1-6,9,11H2,(H,20,22). The Hall–Kier alpha value is -2.08. The molecule has 1 aliphatic heterocycles. The number of carbonyl (C=O) groups excluding carboxylic acids is 3. The number of hydrogen-bond acceptors (Lipinski definition) is 4. The Morgan fingerprint density at radius 1 is 1.24 bits per heavy atom. The molecule has 1 aromatic carbocycles. The number of anilines is 1. The lowest BCUT2D eigenvalue weighted by molar-refractivity contribution is -0.124. The number of amides is 2. The first-order valence-electron chi connectivity index (χ1n) is 8.61. The van der Waals surface area contributed by atoms with Gasteiger partial charge in [-0.2, -0.15) is 0 Å². The first-order chi connectivity index (χ1) is 12.0. The Labute approximate surface area is 151 Å². The highest BCUT2D eigenvalue weighted by molar-refractivity contribution is 6.34. The number of benzene rings is 1. The van der Waals surface area contributed by atoms with Gasteiger partial charge in [0.1, 0.15) is 0 Å². The van der Waals surface area contributed by atoms with Crippen molar-refractivity contribution in [3.8, 4) is 0 Å². The minimum atomic E-state index is -0.605. The number of halogens is 1. The number of carbonyl (C=O) groups is 3. The van der Waals surface area contributed by atoms with Crippen molar-refractivity contribution in [2.24, 2.45) is 0 Å². The molecule has 1 aromatic rings. The summed E-state index contributed by atoms with van der Waals surface area (Å²) in [7, 11) is 0. The summed E-state index contributed by atoms with van der Waals surface area (Å²) in [5, 5.41) is 3.27. The van der Waals surface area contributed by atoms with Crippen LogP contribution in [0.25, 0.3) is 0 Å². The summed E-state index contributed by atoms with van der Waals surface area (Å²) in [6, 6.07) is 4.83. The third-order valence-electron chi connectivity index (χ3n) is 4.60. The van der Waals surface area contributed by atoms with Crippen molar-refractivity contribution in [1.82, 2.24) is 5.32 Å². The molecule has 25 heavy (non-hydrogen) atoms. The zero-order valence-electron chi connectivity index (χ0n) is 13.9. The summed E-state index contributed by atoms with van der Waals surface area (Å²) in [5.74, 6) is -0.904. The number of hydrogen-bond donors (Lipinski definition) is 1. The Morgan fingerprint density at radius 2 is 2.00 bits per heavy atom. The lowest BCUT2D eigenvalue weighted by Gasteiger charge is -2.18. The number of nitrogens with one attached hydrogen (secondary N) is 1. The van der Waals surface area contributed by atoms with Crippen molar-refractivity contribution in [3.05, 3.63) is 28.8 Å². The zero-order valence-corrected chi connectivity index (χ0v) is 14.7. The predicted molar refractivity (Wildman–Crippen MR) is 93.7 cm³/mol. The van der Waals surface area contributed by atoms with Gasteiger partial charge in [-0.05, 0) is 37.5 Å². The second-order valence-electron chi connectivity index (χ2n) is 6.44. The summed E-state index contributed by atoms with van der Waals surface area (Å²) in [4.78, 5) is 37.5. The summed E-state index contributed by atoms with van der Waals surface area (Å²) < 4.78 is 5.09. The molecule has 0 aromatic heterocycles. The Balaban J connectivity index is 1.60. The van der Waals surface area contributed by atoms with Gasteiger partial charge in [-0.15, -0.1) is 0 Å². The molecule has 2 aliphatic rings. The molecule has 1 aliphatic carbocycles. The van der Waals surface area contributed by atoms with Gasteiger partial charge < -0.3 is 15.0 Å². The predicted octanol–water partition coefficient (Wildman–Crippen LogP) is 2.68. The molecule has 1 N–H and O–H groups in total. The smallest absolute Gasteiger partial charge is 0.338 e. The van der Waals surface area contributed by atoms with E-state index in [9.17, 15) is 14.4 Å². The number of nitrogens with zero attached hydrogens (tertiary/aromatic N) is 1. The molecule has 0 spiro atoms. The Kier molecular flexibility index (Phi) is 5.58. The average Bonchev–Trinajstić information content (AvgIpc) is 3.25. The van der Waals surface area contributed by atoms with Crippen LogP contribution < -0.4 is 10.2 Å². The van der Waals surface area contributed by atoms with E-state index in [2.05, 4.69) is 5.32 Å². The van der Waals surface area contributed by atoms with E-state index in [4.69, 9.17) is 16.3 Å². The third-order valence-corrected chi connectivity index (χ3v) is 4.92. The minimum absolute atomic E-state index is 0.0108. The molecule has 1 saturated heterocycles. The van der Waals surface area contributed by atoms with Crippen LogP contribution in [0.1, 0.15) is 48.9 Å². The van der Waals surface area contributed by atoms with Gasteiger partial charge in [0.05, 0.1) is 16.3 Å². The highest BCUT2D eigenvalue weighted by atomic mass is 35.5. The monoisotopic (exact) mass is 364 g/mol. The van der Waals surface area contributed by atoms with Crippen molar-refractivity contribution >= 4 is 35.1 Å². The molecule has 0 radical (unpaired) electrons. The van der Waals surface area contributed by atoms with Crippen LogP contribution in [0.4, 0.5) is 5.69 Å². The first kappa shape index (κ1) is 17.7. The SMILES string of the molecule is O=C(COC(=O)c1ccc(Cl)c(N2CCCC2=O)c1)NC1CCCC1. The topological polar surface area (TPSA) is 75.7 Å². The zero-order chi connectivity index (χ0) is 17.8. The summed E-state index contributed by atoms with van der Waals surface area (Å²) >= 11 is 6.16. The fourth-order valence-corrected chi connectivity index (χ4v) is 3.52. The van der Waals surface area contributed by atoms with Crippen molar-refractivity contribution in [3.63, 3.8) is 0 Å². The Morgan fingerprint density at radius 3 is 2.68 bits per heavy atom. The highest BCUT2D eigenvalue weighted by Crippen LogP contribution is 2.30. The molecule has 1 saturated carbocycles. The summed E-state index contributed by atoms with van der Waals surface area (Å²) in [6.45, 7) is 0.275. The third kappa shape index (κ3) is 4.31. The molecule has 134 valence electrons. The van der Waals surface area contributed by atoms with Crippen LogP contribution in [0.15, 0.2) is 18.2 Å². The second kappa shape index (κ2) is 7.87. The van der Waals surface area contributed by atoms with E-state index < -0.39 is 5.97 Å². The lowest BCUT2D eigenvalue weighted by atomic mass is 10.2. The maximum Gasteiger partial charge on any atom is 0.338 e. The molecule has 6 nitrogen and oxygen atoms in total. The summed E-state index contributed by atoms with van der Waals surface area (Å²) in [5.41, 5.74) is 0.779. The highest BCUT2D eigenvalue weighted by Gasteiger charge is 2.25. The molecule has 1 heterocycles. The molecular weight excluding hydrogens is 344 g/mol. The number of rotatable bonds is 5. The maximum atomic E-state index is 12.2. The lowest BCUT2D eigenvalue weighted by Crippen LogP contribution is -2.35. The molecule has 2 amide bonds. The van der Waals surface area contributed by atoms with Crippen LogP contribution in [0, 0.1) is 0 Å². The molecule has 3 rings (SSSR count). The van der Waals surface area contributed by atoms with E-state index in [0.717, 1.165) is 32.1 Å². The van der Waals surface area contributed by atoms with Crippen molar-refractivity contribution in [2.75, 3.05) is 18.1 Å². The largest absolute Gasteiger partial charge is 0.452 e. The molecule has 0 bridgehead atoms. The van der Waals surface area contributed by atoms with Gasteiger partial charge >= 0.3 is 5.97 Å². The number of ether oxygens (including phenoxy) is 1. The van der Waals surface area contributed by atoms with Crippen molar-refractivity contribution in [1.29, 1.82) is 0 Å². The number of esters is 1.